The van der Waals surface area contributed by atoms with Gasteiger partial charge in [-0.1, -0.05) is 48.1 Å². The quantitative estimate of drug-likeness (QED) is 0.450. The van der Waals surface area contributed by atoms with Gasteiger partial charge in [-0.3, -0.25) is 9.69 Å². The van der Waals surface area contributed by atoms with Gasteiger partial charge in [-0.2, -0.15) is 0 Å². The molecule has 0 spiro atoms. The second-order valence-electron chi connectivity index (χ2n) is 8.58. The molecule has 2 aliphatic rings. The highest BCUT2D eigenvalue weighted by atomic mass is 35.5. The van der Waals surface area contributed by atoms with Crippen molar-refractivity contribution in [2.24, 2.45) is 0 Å². The van der Waals surface area contributed by atoms with Gasteiger partial charge in [-0.15, -0.1) is 0 Å². The topological polar surface area (TPSA) is 35.6 Å². The first-order valence-corrected chi connectivity index (χ1v) is 12.2. The van der Waals surface area contributed by atoms with E-state index in [-0.39, 0.29) is 10.9 Å². The van der Waals surface area contributed by atoms with E-state index in [0.29, 0.717) is 22.2 Å². The number of nitrogens with one attached hydrogen (secondary N) is 1. The minimum atomic E-state index is -0.628. The van der Waals surface area contributed by atoms with Crippen LogP contribution in [-0.2, 0) is 10.2 Å². The lowest BCUT2D eigenvalue weighted by atomic mass is 9.75. The van der Waals surface area contributed by atoms with Crippen molar-refractivity contribution < 1.29 is 9.18 Å². The van der Waals surface area contributed by atoms with Gasteiger partial charge in [0.2, 0.25) is 5.91 Å². The molecule has 0 saturated carbocycles. The van der Waals surface area contributed by atoms with E-state index >= 15 is 0 Å². The normalized spacial score (nSPS) is 21.0. The number of anilines is 2. The maximum absolute atomic E-state index is 13.8. The molecule has 1 unspecified atom stereocenters. The second-order valence-corrected chi connectivity index (χ2v) is 9.83. The molecule has 4 rings (SSSR count). The molecule has 2 heterocycles. The highest BCUT2D eigenvalue weighted by Crippen LogP contribution is 2.45. The summed E-state index contributed by atoms with van der Waals surface area (Å²) in [6.07, 6.45) is 3.30. The number of nitrogens with zero attached hydrogens (tertiary/aromatic N) is 2. The van der Waals surface area contributed by atoms with Crippen LogP contribution in [0, 0.1) is 5.82 Å². The molecule has 0 aliphatic carbocycles. The third-order valence-electron chi connectivity index (χ3n) is 6.81. The van der Waals surface area contributed by atoms with Crippen LogP contribution >= 0.6 is 34.8 Å². The Morgan fingerprint density at radius 3 is 2.47 bits per heavy atom. The largest absolute Gasteiger partial charge is 0.368 e. The minimum Gasteiger partial charge on any atom is -0.368 e. The summed E-state index contributed by atoms with van der Waals surface area (Å²) >= 11 is 18.4. The molecular formula is C24H27Cl3FN3O. The van der Waals surface area contributed by atoms with Crippen LogP contribution in [0.15, 0.2) is 30.3 Å². The Kier molecular flexibility index (Phi) is 7.21. The van der Waals surface area contributed by atoms with Crippen molar-refractivity contribution in [2.45, 2.75) is 38.0 Å². The molecule has 8 heteroatoms. The van der Waals surface area contributed by atoms with Gasteiger partial charge in [0, 0.05) is 36.9 Å². The van der Waals surface area contributed by atoms with E-state index in [1.807, 2.05) is 19.1 Å². The zero-order valence-corrected chi connectivity index (χ0v) is 20.3. The molecule has 0 radical (unpaired) electrons. The van der Waals surface area contributed by atoms with E-state index < -0.39 is 11.2 Å². The van der Waals surface area contributed by atoms with Gasteiger partial charge >= 0.3 is 0 Å². The van der Waals surface area contributed by atoms with Crippen LogP contribution in [0.5, 0.6) is 0 Å². The van der Waals surface area contributed by atoms with E-state index in [9.17, 15) is 9.18 Å². The number of halogens is 4. The lowest BCUT2D eigenvalue weighted by Gasteiger charge is -2.36. The Balaban J connectivity index is 1.30. The standard InChI is InChI=1S/C24H27Cl3FN3O/c1-2-24(17-14-18(26)20(28)15-21(17)29-23(24)32)7-3-4-8-30-9-11-31(12-10-30)22-6-5-16(25)13-19(22)27/h5-6,13-15H,2-4,7-12H2,1H3,(H,29,32). The number of hydrogen-bond acceptors (Lipinski definition) is 3. The Morgan fingerprint density at radius 1 is 1.03 bits per heavy atom. The predicted molar refractivity (Wildman–Crippen MR) is 131 cm³/mol. The van der Waals surface area contributed by atoms with Crippen LogP contribution in [0.4, 0.5) is 15.8 Å². The number of benzene rings is 2. The average molecular weight is 499 g/mol. The molecule has 2 aliphatic heterocycles. The Bertz CT molecular complexity index is 1010. The molecule has 1 saturated heterocycles. The molecule has 172 valence electrons. The summed E-state index contributed by atoms with van der Waals surface area (Å²) in [5.74, 6) is -0.554. The van der Waals surface area contributed by atoms with Gasteiger partial charge in [0.1, 0.15) is 5.82 Å². The molecular weight excluding hydrogens is 472 g/mol. The van der Waals surface area contributed by atoms with Crippen LogP contribution < -0.4 is 10.2 Å². The highest BCUT2D eigenvalue weighted by Gasteiger charge is 2.45. The van der Waals surface area contributed by atoms with Gasteiger partial charge in [-0.05, 0) is 61.7 Å². The molecule has 1 amide bonds. The van der Waals surface area contributed by atoms with E-state index in [4.69, 9.17) is 34.8 Å². The molecule has 0 aromatic heterocycles. The first-order valence-electron chi connectivity index (χ1n) is 11.1. The number of amides is 1. The van der Waals surface area contributed by atoms with Crippen molar-refractivity contribution in [3.05, 3.63) is 56.8 Å². The molecule has 32 heavy (non-hydrogen) atoms. The van der Waals surface area contributed by atoms with Gasteiger partial charge < -0.3 is 10.2 Å². The first kappa shape index (κ1) is 23.6. The van der Waals surface area contributed by atoms with Crippen LogP contribution in [0.2, 0.25) is 15.1 Å². The fraction of sp³-hybridized carbons (Fsp3) is 0.458. The average Bonchev–Trinajstić information content (AvgIpc) is 3.03. The van der Waals surface area contributed by atoms with Gasteiger partial charge in [0.05, 0.1) is 21.1 Å². The van der Waals surface area contributed by atoms with Crippen molar-refractivity contribution in [1.82, 2.24) is 4.90 Å². The molecule has 1 fully saturated rings. The highest BCUT2D eigenvalue weighted by molar-refractivity contribution is 6.36. The number of piperazine rings is 1. The van der Waals surface area contributed by atoms with Crippen molar-refractivity contribution in [2.75, 3.05) is 42.9 Å². The zero-order valence-electron chi connectivity index (χ0n) is 18.1. The SMILES string of the molecule is CCC1(CCCCN2CCN(c3ccc(Cl)cc3Cl)CC2)C(=O)Nc2cc(F)c(Cl)cc21. The molecule has 0 bridgehead atoms. The fourth-order valence-corrected chi connectivity index (χ4v) is 5.59. The van der Waals surface area contributed by atoms with Crippen LogP contribution in [-0.4, -0.2) is 43.5 Å². The zero-order chi connectivity index (χ0) is 22.9. The molecule has 4 nitrogen and oxygen atoms in total. The molecule has 2 aromatic rings. The number of carbonyl (C=O) groups is 1. The summed E-state index contributed by atoms with van der Waals surface area (Å²) in [6, 6.07) is 8.59. The molecule has 1 atom stereocenters. The third kappa shape index (κ3) is 4.58. The van der Waals surface area contributed by atoms with Crippen LogP contribution in [0.25, 0.3) is 0 Å². The number of rotatable bonds is 7. The summed E-state index contributed by atoms with van der Waals surface area (Å²) in [6.45, 7) is 6.76. The van der Waals surface area contributed by atoms with Gasteiger partial charge in [0.25, 0.3) is 0 Å². The van der Waals surface area contributed by atoms with Gasteiger partial charge in [-0.25, -0.2) is 4.39 Å². The Labute approximate surface area is 203 Å². The predicted octanol–water partition coefficient (Wildman–Crippen LogP) is 6.38. The number of fused-ring (bicyclic) bond motifs is 1. The van der Waals surface area contributed by atoms with Crippen LogP contribution in [0.1, 0.15) is 38.2 Å². The van der Waals surface area contributed by atoms with Crippen molar-refractivity contribution in [1.29, 1.82) is 0 Å². The third-order valence-corrected chi connectivity index (χ3v) is 7.64. The van der Waals surface area contributed by atoms with E-state index in [2.05, 4.69) is 15.1 Å². The van der Waals surface area contributed by atoms with E-state index in [1.54, 1.807) is 12.1 Å². The van der Waals surface area contributed by atoms with Gasteiger partial charge in [0.15, 0.2) is 0 Å². The number of unbranched alkanes of at least 4 members (excludes halogenated alkanes) is 1. The first-order chi connectivity index (χ1) is 15.3. The maximum atomic E-state index is 13.8. The summed E-state index contributed by atoms with van der Waals surface area (Å²) in [4.78, 5) is 17.6. The number of hydrogen-bond donors (Lipinski definition) is 1. The van der Waals surface area contributed by atoms with Crippen molar-refractivity contribution in [3.8, 4) is 0 Å². The lowest BCUT2D eigenvalue weighted by molar-refractivity contribution is -0.121. The molecule has 2 aromatic carbocycles. The smallest absolute Gasteiger partial charge is 0.235 e. The maximum Gasteiger partial charge on any atom is 0.235 e. The minimum absolute atomic E-state index is 0.0508. The summed E-state index contributed by atoms with van der Waals surface area (Å²) in [7, 11) is 0. The van der Waals surface area contributed by atoms with Crippen molar-refractivity contribution >= 4 is 52.1 Å². The summed E-state index contributed by atoms with van der Waals surface area (Å²) in [5, 5.41) is 4.25. The van der Waals surface area contributed by atoms with E-state index in [1.165, 1.54) is 6.07 Å². The summed E-state index contributed by atoms with van der Waals surface area (Å²) < 4.78 is 13.8. The Morgan fingerprint density at radius 2 is 1.78 bits per heavy atom. The summed E-state index contributed by atoms with van der Waals surface area (Å²) in [5.41, 5.74) is 1.78. The number of carbonyl (C=O) groups excluding carboxylic acids is 1. The monoisotopic (exact) mass is 497 g/mol. The van der Waals surface area contributed by atoms with Crippen LogP contribution in [0.3, 0.4) is 0 Å². The Hall–Kier alpha value is -1.53. The molecule has 1 N–H and O–H groups in total. The van der Waals surface area contributed by atoms with Crippen molar-refractivity contribution in [3.63, 3.8) is 0 Å². The fourth-order valence-electron chi connectivity index (χ4n) is 4.90. The lowest BCUT2D eigenvalue weighted by Crippen LogP contribution is -2.46. The second kappa shape index (κ2) is 9.76. The van der Waals surface area contributed by atoms with E-state index in [0.717, 1.165) is 63.2 Å².